The van der Waals surface area contributed by atoms with Gasteiger partial charge >= 0.3 is 0 Å². The summed E-state index contributed by atoms with van der Waals surface area (Å²) in [7, 11) is 0. The molecule has 3 N–H and O–H groups in total. The molecule has 0 spiro atoms. The number of rotatable bonds is 7. The standard InChI is InChI=1S/C25H30N2O3/c1-3-27(15-18-9-5-4-6-10-18)16-20-21(28)13-14-22-24(20)23(17(2)30-22)25(29)26-19-11-7-8-12-19/h4-6,9-10,13-14,19,28H,3,7-8,11-12,15-16H2,1-2H3,(H,26,29)/p+1. The molecular weight excluding hydrogens is 376 g/mol. The Morgan fingerprint density at radius 1 is 1.13 bits per heavy atom. The first-order valence-corrected chi connectivity index (χ1v) is 11.0. The van der Waals surface area contributed by atoms with Crippen LogP contribution in [0.2, 0.25) is 0 Å². The molecule has 0 radical (unpaired) electrons. The molecule has 1 aliphatic rings. The van der Waals surface area contributed by atoms with Crippen LogP contribution in [0.4, 0.5) is 0 Å². The lowest BCUT2D eigenvalue weighted by Crippen LogP contribution is -3.09. The zero-order valence-corrected chi connectivity index (χ0v) is 17.8. The van der Waals surface area contributed by atoms with Crippen LogP contribution in [0, 0.1) is 6.92 Å². The van der Waals surface area contributed by atoms with E-state index in [4.69, 9.17) is 4.42 Å². The van der Waals surface area contributed by atoms with E-state index in [1.807, 2.05) is 25.1 Å². The SMILES string of the molecule is CC[NH+](Cc1ccccc1)Cc1c(O)ccc2oc(C)c(C(=O)NC3CCCC3)c12. The maximum Gasteiger partial charge on any atom is 0.255 e. The summed E-state index contributed by atoms with van der Waals surface area (Å²) in [6.45, 7) is 6.36. The topological polar surface area (TPSA) is 66.9 Å². The van der Waals surface area contributed by atoms with Crippen LogP contribution in [0.25, 0.3) is 11.0 Å². The van der Waals surface area contributed by atoms with E-state index in [1.54, 1.807) is 12.1 Å². The molecule has 0 saturated heterocycles. The summed E-state index contributed by atoms with van der Waals surface area (Å²) < 4.78 is 5.93. The first-order chi connectivity index (χ1) is 14.6. The van der Waals surface area contributed by atoms with Crippen LogP contribution >= 0.6 is 0 Å². The van der Waals surface area contributed by atoms with Crippen LogP contribution < -0.4 is 10.2 Å². The number of phenols is 1. The average Bonchev–Trinajstić information content (AvgIpc) is 3.37. The third-order valence-corrected chi connectivity index (χ3v) is 6.26. The van der Waals surface area contributed by atoms with Crippen molar-refractivity contribution < 1.29 is 19.2 Å². The van der Waals surface area contributed by atoms with Gasteiger partial charge in [-0.3, -0.25) is 4.79 Å². The number of furan rings is 1. The van der Waals surface area contributed by atoms with Crippen molar-refractivity contribution in [2.75, 3.05) is 6.54 Å². The fourth-order valence-electron chi connectivity index (χ4n) is 4.59. The van der Waals surface area contributed by atoms with E-state index in [-0.39, 0.29) is 17.7 Å². The average molecular weight is 408 g/mol. The van der Waals surface area contributed by atoms with Gasteiger partial charge in [0.25, 0.3) is 5.91 Å². The van der Waals surface area contributed by atoms with Crippen molar-refractivity contribution in [1.29, 1.82) is 0 Å². The van der Waals surface area contributed by atoms with Crippen LogP contribution in [-0.2, 0) is 13.1 Å². The van der Waals surface area contributed by atoms with E-state index in [0.717, 1.165) is 49.7 Å². The number of carbonyl (C=O) groups is 1. The highest BCUT2D eigenvalue weighted by Gasteiger charge is 2.27. The van der Waals surface area contributed by atoms with E-state index in [9.17, 15) is 9.90 Å². The van der Waals surface area contributed by atoms with Gasteiger partial charge in [0, 0.05) is 17.0 Å². The third kappa shape index (κ3) is 4.21. The van der Waals surface area contributed by atoms with Crippen molar-refractivity contribution in [3.8, 4) is 5.75 Å². The fourth-order valence-corrected chi connectivity index (χ4v) is 4.59. The molecule has 1 fully saturated rings. The summed E-state index contributed by atoms with van der Waals surface area (Å²) in [6, 6.07) is 14.0. The molecular formula is C25H31N2O3+. The molecule has 1 saturated carbocycles. The van der Waals surface area contributed by atoms with Gasteiger partial charge in [-0.15, -0.1) is 0 Å². The third-order valence-electron chi connectivity index (χ3n) is 6.26. The Balaban J connectivity index is 1.68. The van der Waals surface area contributed by atoms with E-state index in [2.05, 4.69) is 24.4 Å². The lowest BCUT2D eigenvalue weighted by molar-refractivity contribution is -0.925. The molecule has 30 heavy (non-hydrogen) atoms. The van der Waals surface area contributed by atoms with Crippen molar-refractivity contribution in [3.63, 3.8) is 0 Å². The Morgan fingerprint density at radius 3 is 2.57 bits per heavy atom. The second kappa shape index (κ2) is 8.92. The quantitative estimate of drug-likeness (QED) is 0.559. The Morgan fingerprint density at radius 2 is 1.87 bits per heavy atom. The number of fused-ring (bicyclic) bond motifs is 1. The van der Waals surface area contributed by atoms with Crippen LogP contribution in [-0.4, -0.2) is 23.6 Å². The van der Waals surface area contributed by atoms with E-state index in [0.29, 0.717) is 23.5 Å². The summed E-state index contributed by atoms with van der Waals surface area (Å²) in [5.41, 5.74) is 3.27. The zero-order chi connectivity index (χ0) is 21.1. The monoisotopic (exact) mass is 407 g/mol. The number of hydrogen-bond donors (Lipinski definition) is 3. The molecule has 3 aromatic rings. The van der Waals surface area contributed by atoms with Gasteiger partial charge in [0.2, 0.25) is 0 Å². The van der Waals surface area contributed by atoms with Gasteiger partial charge in [0.15, 0.2) is 0 Å². The van der Waals surface area contributed by atoms with E-state index < -0.39 is 0 Å². The molecule has 1 amide bonds. The van der Waals surface area contributed by atoms with Gasteiger partial charge in [0.1, 0.15) is 30.2 Å². The molecule has 2 aromatic carbocycles. The number of amides is 1. The molecule has 1 unspecified atom stereocenters. The maximum absolute atomic E-state index is 13.1. The predicted molar refractivity (Wildman–Crippen MR) is 118 cm³/mol. The van der Waals surface area contributed by atoms with Gasteiger partial charge in [-0.1, -0.05) is 43.2 Å². The number of aromatic hydroxyl groups is 1. The highest BCUT2D eigenvalue weighted by atomic mass is 16.3. The van der Waals surface area contributed by atoms with Crippen molar-refractivity contribution in [1.82, 2.24) is 5.32 Å². The Bertz CT molecular complexity index is 1020. The summed E-state index contributed by atoms with van der Waals surface area (Å²) >= 11 is 0. The van der Waals surface area contributed by atoms with Gasteiger partial charge < -0.3 is 19.7 Å². The van der Waals surface area contributed by atoms with Crippen LogP contribution in [0.1, 0.15) is 59.9 Å². The number of benzene rings is 2. The first-order valence-electron chi connectivity index (χ1n) is 11.0. The van der Waals surface area contributed by atoms with Crippen LogP contribution in [0.15, 0.2) is 46.9 Å². The van der Waals surface area contributed by atoms with Crippen molar-refractivity contribution in [2.24, 2.45) is 0 Å². The minimum atomic E-state index is -0.0916. The van der Waals surface area contributed by atoms with E-state index >= 15 is 0 Å². The number of quaternary nitrogens is 1. The number of aryl methyl sites for hydroxylation is 1. The molecule has 4 rings (SSSR count). The Kier molecular flexibility index (Phi) is 6.09. The van der Waals surface area contributed by atoms with Gasteiger partial charge in [-0.05, 0) is 38.8 Å². The van der Waals surface area contributed by atoms with Crippen molar-refractivity contribution in [3.05, 3.63) is 64.9 Å². The number of hydrogen-bond acceptors (Lipinski definition) is 3. The number of nitrogens with one attached hydrogen (secondary N) is 2. The first kappa shape index (κ1) is 20.5. The lowest BCUT2D eigenvalue weighted by atomic mass is 10.0. The van der Waals surface area contributed by atoms with Crippen molar-refractivity contribution in [2.45, 2.75) is 58.7 Å². The molecule has 5 nitrogen and oxygen atoms in total. The lowest BCUT2D eigenvalue weighted by Gasteiger charge is -2.19. The van der Waals surface area contributed by atoms with Crippen LogP contribution in [0.3, 0.4) is 0 Å². The highest BCUT2D eigenvalue weighted by molar-refractivity contribution is 6.09. The molecule has 5 heteroatoms. The fraction of sp³-hybridized carbons (Fsp3) is 0.400. The second-order valence-corrected chi connectivity index (χ2v) is 8.37. The predicted octanol–water partition coefficient (Wildman–Crippen LogP) is 3.72. The normalized spacial score (nSPS) is 15.5. The summed E-state index contributed by atoms with van der Waals surface area (Å²) in [6.07, 6.45) is 4.39. The molecule has 1 aliphatic carbocycles. The number of carbonyl (C=O) groups excluding carboxylic acids is 1. The molecule has 158 valence electrons. The second-order valence-electron chi connectivity index (χ2n) is 8.37. The highest BCUT2D eigenvalue weighted by Crippen LogP contribution is 2.34. The van der Waals surface area contributed by atoms with Gasteiger partial charge in [-0.2, -0.15) is 0 Å². The minimum absolute atomic E-state index is 0.0916. The summed E-state index contributed by atoms with van der Waals surface area (Å²) in [5.74, 6) is 0.733. The summed E-state index contributed by atoms with van der Waals surface area (Å²) in [4.78, 5) is 14.5. The Hall–Kier alpha value is -2.79. The van der Waals surface area contributed by atoms with E-state index in [1.165, 1.54) is 10.5 Å². The van der Waals surface area contributed by atoms with Gasteiger partial charge in [0.05, 0.1) is 17.7 Å². The minimum Gasteiger partial charge on any atom is -0.507 e. The van der Waals surface area contributed by atoms with Gasteiger partial charge in [-0.25, -0.2) is 0 Å². The molecule has 1 aromatic heterocycles. The largest absolute Gasteiger partial charge is 0.507 e. The Labute approximate surface area is 177 Å². The zero-order valence-electron chi connectivity index (χ0n) is 17.8. The molecule has 0 aliphatic heterocycles. The summed E-state index contributed by atoms with van der Waals surface area (Å²) in [5, 5.41) is 14.7. The molecule has 1 heterocycles. The van der Waals surface area contributed by atoms with Crippen molar-refractivity contribution >= 4 is 16.9 Å². The maximum atomic E-state index is 13.1. The molecule has 0 bridgehead atoms. The molecule has 1 atom stereocenters. The number of phenolic OH excluding ortho intramolecular Hbond substituents is 1. The van der Waals surface area contributed by atoms with Crippen LogP contribution in [0.5, 0.6) is 5.75 Å². The smallest absolute Gasteiger partial charge is 0.255 e.